The van der Waals surface area contributed by atoms with Gasteiger partial charge in [0.15, 0.2) is 0 Å². The molecule has 0 unspecified atom stereocenters. The molecule has 4 nitrogen and oxygen atoms in total. The Morgan fingerprint density at radius 2 is 1.55 bits per heavy atom. The molecule has 4 saturated carbocycles. The summed E-state index contributed by atoms with van der Waals surface area (Å²) in [5, 5.41) is 12.1. The lowest BCUT2D eigenvalue weighted by Crippen LogP contribution is -2.67. The van der Waals surface area contributed by atoms with E-state index in [0.29, 0.717) is 23.7 Å². The maximum Gasteiger partial charge on any atom is 0.331 e. The number of aliphatic hydroxyl groups excluding tert-OH is 1. The number of hydrogen-bond donors (Lipinski definition) is 1. The number of fused-ring (bicyclic) bond motifs is 5. The molecule has 0 amide bonds. The Hall–Kier alpha value is -1.13. The normalized spacial score (nSPS) is 49.9. The van der Waals surface area contributed by atoms with Crippen LogP contribution in [0.3, 0.4) is 0 Å². The predicted molar refractivity (Wildman–Crippen MR) is 162 cm³/mol. The van der Waals surface area contributed by atoms with Crippen LogP contribution in [0.2, 0.25) is 0 Å². The highest BCUT2D eigenvalue weighted by Crippen LogP contribution is 2.76. The zero-order valence-electron chi connectivity index (χ0n) is 27.0. The largest absolute Gasteiger partial charge is 0.459 e. The number of ether oxygens (including phenoxy) is 2. The fourth-order valence-electron chi connectivity index (χ4n) is 11.9. The van der Waals surface area contributed by atoms with Gasteiger partial charge in [-0.05, 0) is 132 Å². The molecule has 226 valence electrons. The third-order valence-electron chi connectivity index (χ3n) is 13.9. The molecule has 4 heteroatoms. The van der Waals surface area contributed by atoms with E-state index in [4.69, 9.17) is 9.47 Å². The van der Waals surface area contributed by atoms with Gasteiger partial charge in [-0.3, -0.25) is 0 Å². The molecule has 1 N–H and O–H groups in total. The van der Waals surface area contributed by atoms with Crippen LogP contribution in [0.4, 0.5) is 0 Å². The second-order valence-corrected chi connectivity index (χ2v) is 16.7. The molecule has 0 aromatic carbocycles. The molecule has 0 aromatic heterocycles. The fourth-order valence-corrected chi connectivity index (χ4v) is 11.9. The summed E-state index contributed by atoms with van der Waals surface area (Å²) in [5.41, 5.74) is 0.0779. The average molecular weight is 555 g/mol. The smallest absolute Gasteiger partial charge is 0.331 e. The first-order valence-corrected chi connectivity index (χ1v) is 16.4. The summed E-state index contributed by atoms with van der Waals surface area (Å²) < 4.78 is 13.0. The zero-order chi connectivity index (χ0) is 29.4. The molecule has 1 heterocycles. The lowest BCUT2D eigenvalue weighted by molar-refractivity contribution is -0.258. The molecule has 5 fully saturated rings. The first-order chi connectivity index (χ1) is 18.5. The summed E-state index contributed by atoms with van der Waals surface area (Å²) in [4.78, 5) is 12.6. The first-order valence-electron chi connectivity index (χ1n) is 16.4. The maximum absolute atomic E-state index is 12.6. The number of rotatable bonds is 4. The molecule has 10 atom stereocenters. The van der Waals surface area contributed by atoms with Crippen molar-refractivity contribution in [2.24, 2.45) is 45.3 Å². The highest BCUT2D eigenvalue weighted by Gasteiger charge is 2.72. The van der Waals surface area contributed by atoms with Crippen LogP contribution < -0.4 is 0 Å². The molecule has 4 aliphatic carbocycles. The van der Waals surface area contributed by atoms with E-state index in [0.717, 1.165) is 38.5 Å². The average Bonchev–Trinajstić information content (AvgIpc) is 3.23. The summed E-state index contributed by atoms with van der Waals surface area (Å²) in [5.74, 6) is 1.41. The lowest BCUT2D eigenvalue weighted by Gasteiger charge is -2.70. The van der Waals surface area contributed by atoms with Gasteiger partial charge < -0.3 is 14.6 Å². The predicted octanol–water partition coefficient (Wildman–Crippen LogP) is 8.42. The van der Waals surface area contributed by atoms with Crippen molar-refractivity contribution in [3.8, 4) is 0 Å². The quantitative estimate of drug-likeness (QED) is 0.215. The number of carbonyl (C=O) groups is 1. The van der Waals surface area contributed by atoms with Gasteiger partial charge in [0.25, 0.3) is 0 Å². The Labute approximate surface area is 244 Å². The van der Waals surface area contributed by atoms with Gasteiger partial charge >= 0.3 is 5.97 Å². The van der Waals surface area contributed by atoms with Gasteiger partial charge in [-0.15, -0.1) is 0 Å². The van der Waals surface area contributed by atoms with Crippen LogP contribution in [0.1, 0.15) is 127 Å². The van der Waals surface area contributed by atoms with Crippen LogP contribution >= 0.6 is 0 Å². The van der Waals surface area contributed by atoms with Gasteiger partial charge in [0.2, 0.25) is 0 Å². The summed E-state index contributed by atoms with van der Waals surface area (Å²) >= 11 is 0. The molecule has 0 bridgehead atoms. The monoisotopic (exact) mass is 554 g/mol. The van der Waals surface area contributed by atoms with E-state index in [9.17, 15) is 9.90 Å². The number of aliphatic hydroxyl groups is 1. The van der Waals surface area contributed by atoms with Crippen molar-refractivity contribution >= 4 is 5.97 Å². The second-order valence-electron chi connectivity index (χ2n) is 16.7. The summed E-state index contributed by atoms with van der Waals surface area (Å²) in [7, 11) is 0. The Morgan fingerprint density at radius 3 is 2.23 bits per heavy atom. The minimum absolute atomic E-state index is 0.0721. The number of hydrogen-bond acceptors (Lipinski definition) is 4. The SMILES string of the molecule is C/C=C/C=C/C(=O)O[C@H]1CC[C@]2(C)[C@H]3C[C@@H](O)[C@@H]4[C@@H]([C@@]5(C)CCCC(C)(C)O5)CC[C@@]4(C)[C@]3(C)CC[C@H]2C1(C)C. The number of allylic oxidation sites excluding steroid dienone is 3. The van der Waals surface area contributed by atoms with Crippen LogP contribution in [-0.4, -0.2) is 34.5 Å². The molecule has 5 rings (SSSR count). The first kappa shape index (κ1) is 30.3. The van der Waals surface area contributed by atoms with Crippen molar-refractivity contribution in [3.05, 3.63) is 24.3 Å². The summed E-state index contributed by atoms with van der Waals surface area (Å²) in [6.45, 7) is 21.2. The third-order valence-corrected chi connectivity index (χ3v) is 13.9. The number of carbonyl (C=O) groups excluding carboxylic acids is 1. The molecule has 0 radical (unpaired) electrons. The van der Waals surface area contributed by atoms with Gasteiger partial charge in [-0.1, -0.05) is 52.8 Å². The van der Waals surface area contributed by atoms with Crippen molar-refractivity contribution in [1.29, 1.82) is 0 Å². The Kier molecular flexibility index (Phi) is 7.56. The topological polar surface area (TPSA) is 55.8 Å². The van der Waals surface area contributed by atoms with Gasteiger partial charge in [0.05, 0.1) is 17.3 Å². The van der Waals surface area contributed by atoms with Crippen molar-refractivity contribution < 1.29 is 19.4 Å². The maximum atomic E-state index is 12.6. The van der Waals surface area contributed by atoms with E-state index in [1.54, 1.807) is 12.2 Å². The van der Waals surface area contributed by atoms with E-state index < -0.39 is 0 Å². The molecular formula is C36H58O4. The zero-order valence-corrected chi connectivity index (χ0v) is 27.0. The molecular weight excluding hydrogens is 496 g/mol. The van der Waals surface area contributed by atoms with E-state index >= 15 is 0 Å². The van der Waals surface area contributed by atoms with Crippen molar-refractivity contribution in [2.45, 2.75) is 150 Å². The fraction of sp³-hybridized carbons (Fsp3) is 0.861. The summed E-state index contributed by atoms with van der Waals surface area (Å²) in [6.07, 6.45) is 17.8. The second kappa shape index (κ2) is 9.97. The van der Waals surface area contributed by atoms with E-state index in [-0.39, 0.29) is 51.0 Å². The lowest BCUT2D eigenvalue weighted by atomic mass is 9.35. The minimum Gasteiger partial charge on any atom is -0.459 e. The van der Waals surface area contributed by atoms with Gasteiger partial charge in [-0.2, -0.15) is 0 Å². The van der Waals surface area contributed by atoms with E-state index in [2.05, 4.69) is 55.4 Å². The van der Waals surface area contributed by atoms with Gasteiger partial charge in [0, 0.05) is 11.5 Å². The molecule has 1 aliphatic heterocycles. The Morgan fingerprint density at radius 1 is 0.850 bits per heavy atom. The van der Waals surface area contributed by atoms with Crippen LogP contribution in [0.5, 0.6) is 0 Å². The van der Waals surface area contributed by atoms with Crippen molar-refractivity contribution in [1.82, 2.24) is 0 Å². The Bertz CT molecular complexity index is 1040. The van der Waals surface area contributed by atoms with Crippen molar-refractivity contribution in [2.75, 3.05) is 0 Å². The Balaban J connectivity index is 1.41. The molecule has 1 saturated heterocycles. The summed E-state index contributed by atoms with van der Waals surface area (Å²) in [6, 6.07) is 0. The molecule has 5 aliphatic rings. The van der Waals surface area contributed by atoms with E-state index in [1.165, 1.54) is 25.7 Å². The van der Waals surface area contributed by atoms with Crippen LogP contribution in [0, 0.1) is 45.3 Å². The van der Waals surface area contributed by atoms with Gasteiger partial charge in [0.1, 0.15) is 6.10 Å². The standard InChI is InChI=1S/C36H58O4/c1-10-11-12-14-29(38)39-28-17-20-33(6)26(32(28,4)5)16-22-34(7)27(33)23-25(37)30-24(15-21-35(30,34)8)36(9)19-13-18-31(2,3)40-36/h10-12,14,24-28,30,37H,13,15-23H2,1-9H3/b11-10+,14-12+/t24-,25+,26-,27+,28-,30-,33-,34+,35+,36+/m0/s1. The highest BCUT2D eigenvalue weighted by atomic mass is 16.5. The third kappa shape index (κ3) is 4.48. The molecule has 0 spiro atoms. The van der Waals surface area contributed by atoms with Gasteiger partial charge in [-0.25, -0.2) is 4.79 Å². The van der Waals surface area contributed by atoms with Crippen LogP contribution in [0.15, 0.2) is 24.3 Å². The van der Waals surface area contributed by atoms with Crippen molar-refractivity contribution in [3.63, 3.8) is 0 Å². The molecule has 0 aromatic rings. The van der Waals surface area contributed by atoms with E-state index in [1.807, 2.05) is 19.1 Å². The molecule has 40 heavy (non-hydrogen) atoms. The van der Waals surface area contributed by atoms with Crippen LogP contribution in [0.25, 0.3) is 0 Å². The minimum atomic E-state index is -0.285. The highest BCUT2D eigenvalue weighted by molar-refractivity contribution is 5.82. The number of esters is 1. The van der Waals surface area contributed by atoms with Crippen LogP contribution in [-0.2, 0) is 14.3 Å².